The van der Waals surface area contributed by atoms with Crippen molar-refractivity contribution >= 4 is 12.0 Å². The van der Waals surface area contributed by atoms with Gasteiger partial charge in [-0.05, 0) is 25.7 Å². The maximum absolute atomic E-state index is 12.2. The van der Waals surface area contributed by atoms with Crippen molar-refractivity contribution in [2.24, 2.45) is 5.92 Å². The zero-order valence-electron chi connectivity index (χ0n) is 11.5. The fourth-order valence-corrected chi connectivity index (χ4v) is 2.47. The van der Waals surface area contributed by atoms with Gasteiger partial charge in [0.25, 0.3) is 0 Å². The Morgan fingerprint density at radius 1 is 1.21 bits per heavy atom. The Balaban J connectivity index is 1.78. The molecular formula is C13H23N3O3. The lowest BCUT2D eigenvalue weighted by Crippen LogP contribution is -2.53. The third-order valence-electron chi connectivity index (χ3n) is 3.83. The number of amides is 2. The minimum absolute atomic E-state index is 0.143. The zero-order valence-corrected chi connectivity index (χ0v) is 11.5. The summed E-state index contributed by atoms with van der Waals surface area (Å²) in [5.74, 6) is -0.0797. The van der Waals surface area contributed by atoms with E-state index in [1.807, 2.05) is 6.92 Å². The van der Waals surface area contributed by atoms with E-state index in [9.17, 15) is 9.59 Å². The molecule has 19 heavy (non-hydrogen) atoms. The minimum Gasteiger partial charge on any atom is -0.480 e. The molecule has 1 saturated carbocycles. The van der Waals surface area contributed by atoms with Gasteiger partial charge in [-0.1, -0.05) is 0 Å². The third-order valence-corrected chi connectivity index (χ3v) is 3.83. The number of nitrogens with zero attached hydrogens (tertiary/aromatic N) is 3. The van der Waals surface area contributed by atoms with Gasteiger partial charge in [-0.15, -0.1) is 0 Å². The van der Waals surface area contributed by atoms with Crippen molar-refractivity contribution in [3.8, 4) is 0 Å². The first-order valence-corrected chi connectivity index (χ1v) is 7.08. The fraction of sp³-hybridized carbons (Fsp3) is 0.846. The number of rotatable bonds is 5. The van der Waals surface area contributed by atoms with Crippen molar-refractivity contribution in [2.75, 3.05) is 45.8 Å². The van der Waals surface area contributed by atoms with Gasteiger partial charge < -0.3 is 14.9 Å². The molecule has 0 unspecified atom stereocenters. The first kappa shape index (κ1) is 14.1. The summed E-state index contributed by atoms with van der Waals surface area (Å²) in [5.41, 5.74) is 0. The molecule has 2 amide bonds. The van der Waals surface area contributed by atoms with E-state index in [4.69, 9.17) is 5.11 Å². The molecule has 6 nitrogen and oxygen atoms in total. The molecule has 1 aliphatic heterocycles. The Labute approximate surface area is 114 Å². The number of hydrogen-bond donors (Lipinski definition) is 1. The van der Waals surface area contributed by atoms with E-state index < -0.39 is 5.97 Å². The number of piperazine rings is 1. The number of urea groups is 1. The van der Waals surface area contributed by atoms with Crippen molar-refractivity contribution in [1.82, 2.24) is 14.7 Å². The molecule has 0 atom stereocenters. The van der Waals surface area contributed by atoms with Crippen LogP contribution in [0.5, 0.6) is 0 Å². The molecule has 0 radical (unpaired) electrons. The Hall–Kier alpha value is -1.30. The monoisotopic (exact) mass is 269 g/mol. The molecule has 6 heteroatoms. The second-order valence-electron chi connectivity index (χ2n) is 5.42. The molecule has 2 fully saturated rings. The van der Waals surface area contributed by atoms with E-state index in [-0.39, 0.29) is 12.6 Å². The molecule has 0 spiro atoms. The number of carbonyl (C=O) groups is 2. The van der Waals surface area contributed by atoms with Gasteiger partial charge in [0.15, 0.2) is 0 Å². The standard InChI is InChI=1S/C13H23N3O3/c1-2-15(10-12(17)18)13(19)16-7-5-14(6-8-16)9-11-3-4-11/h11H,2-10H2,1H3,(H,17,18). The highest BCUT2D eigenvalue weighted by Crippen LogP contribution is 2.29. The van der Waals surface area contributed by atoms with Crippen LogP contribution in [0.25, 0.3) is 0 Å². The molecule has 1 N–H and O–H groups in total. The van der Waals surface area contributed by atoms with Crippen molar-refractivity contribution in [2.45, 2.75) is 19.8 Å². The van der Waals surface area contributed by atoms with Crippen LogP contribution in [-0.4, -0.2) is 77.6 Å². The van der Waals surface area contributed by atoms with Gasteiger partial charge in [0.05, 0.1) is 0 Å². The van der Waals surface area contributed by atoms with E-state index in [1.165, 1.54) is 17.7 Å². The minimum atomic E-state index is -0.956. The number of carboxylic acids is 1. The van der Waals surface area contributed by atoms with Gasteiger partial charge >= 0.3 is 12.0 Å². The lowest BCUT2D eigenvalue weighted by molar-refractivity contribution is -0.137. The summed E-state index contributed by atoms with van der Waals surface area (Å²) in [6.07, 6.45) is 2.70. The highest BCUT2D eigenvalue weighted by molar-refractivity contribution is 5.80. The molecule has 0 bridgehead atoms. The van der Waals surface area contributed by atoms with Gasteiger partial charge in [-0.3, -0.25) is 9.69 Å². The fourth-order valence-electron chi connectivity index (χ4n) is 2.47. The van der Waals surface area contributed by atoms with Crippen LogP contribution < -0.4 is 0 Å². The smallest absolute Gasteiger partial charge is 0.323 e. The summed E-state index contributed by atoms with van der Waals surface area (Å²) in [7, 11) is 0. The van der Waals surface area contributed by atoms with Gasteiger partial charge in [0, 0.05) is 39.3 Å². The van der Waals surface area contributed by atoms with Crippen LogP contribution in [0.1, 0.15) is 19.8 Å². The number of carbonyl (C=O) groups excluding carboxylic acids is 1. The van der Waals surface area contributed by atoms with Gasteiger partial charge in [0.2, 0.25) is 0 Å². The molecule has 2 rings (SSSR count). The highest BCUT2D eigenvalue weighted by atomic mass is 16.4. The van der Waals surface area contributed by atoms with Crippen LogP contribution in [0.15, 0.2) is 0 Å². The van der Waals surface area contributed by atoms with E-state index in [0.717, 1.165) is 25.6 Å². The molecular weight excluding hydrogens is 246 g/mol. The number of hydrogen-bond acceptors (Lipinski definition) is 3. The second kappa shape index (κ2) is 6.23. The molecule has 108 valence electrons. The Morgan fingerprint density at radius 2 is 1.84 bits per heavy atom. The zero-order chi connectivity index (χ0) is 13.8. The van der Waals surface area contributed by atoms with E-state index >= 15 is 0 Å². The van der Waals surface area contributed by atoms with Gasteiger partial charge in [-0.2, -0.15) is 0 Å². The quantitative estimate of drug-likeness (QED) is 0.791. The Morgan fingerprint density at radius 3 is 2.32 bits per heavy atom. The first-order chi connectivity index (χ1) is 9.10. The van der Waals surface area contributed by atoms with Gasteiger partial charge in [0.1, 0.15) is 6.54 Å². The van der Waals surface area contributed by atoms with Crippen molar-refractivity contribution in [3.05, 3.63) is 0 Å². The predicted octanol–water partition coefficient (Wildman–Crippen LogP) is 0.540. The maximum Gasteiger partial charge on any atom is 0.323 e. The average Bonchev–Trinajstić information content (AvgIpc) is 3.20. The predicted molar refractivity (Wildman–Crippen MR) is 71.0 cm³/mol. The summed E-state index contributed by atoms with van der Waals surface area (Å²) < 4.78 is 0. The number of likely N-dealkylation sites (N-methyl/N-ethyl adjacent to an activating group) is 1. The summed E-state index contributed by atoms with van der Waals surface area (Å²) in [6.45, 7) is 6.44. The van der Waals surface area contributed by atoms with Crippen LogP contribution >= 0.6 is 0 Å². The molecule has 0 aromatic heterocycles. The molecule has 1 heterocycles. The summed E-state index contributed by atoms with van der Waals surface area (Å²) in [4.78, 5) is 28.5. The molecule has 0 aromatic rings. The second-order valence-corrected chi connectivity index (χ2v) is 5.42. The van der Waals surface area contributed by atoms with Crippen LogP contribution in [0.2, 0.25) is 0 Å². The number of carboxylic acid groups (broad SMARTS) is 1. The topological polar surface area (TPSA) is 64.1 Å². The normalized spacial score (nSPS) is 20.4. The molecule has 0 aromatic carbocycles. The number of aliphatic carboxylic acids is 1. The Kier molecular flexibility index (Phi) is 4.63. The van der Waals surface area contributed by atoms with Crippen LogP contribution in [0, 0.1) is 5.92 Å². The third kappa shape index (κ3) is 4.09. The highest BCUT2D eigenvalue weighted by Gasteiger charge is 2.29. The lowest BCUT2D eigenvalue weighted by atomic mass is 10.3. The van der Waals surface area contributed by atoms with Crippen molar-refractivity contribution < 1.29 is 14.7 Å². The largest absolute Gasteiger partial charge is 0.480 e. The summed E-state index contributed by atoms with van der Waals surface area (Å²) in [5, 5.41) is 8.79. The van der Waals surface area contributed by atoms with Gasteiger partial charge in [-0.25, -0.2) is 4.79 Å². The molecule has 1 saturated heterocycles. The Bertz CT molecular complexity index is 336. The van der Waals surface area contributed by atoms with Crippen molar-refractivity contribution in [1.29, 1.82) is 0 Å². The first-order valence-electron chi connectivity index (χ1n) is 7.08. The van der Waals surface area contributed by atoms with Crippen LogP contribution in [-0.2, 0) is 4.79 Å². The van der Waals surface area contributed by atoms with Crippen LogP contribution in [0.3, 0.4) is 0 Å². The summed E-state index contributed by atoms with van der Waals surface area (Å²) in [6, 6.07) is -0.143. The SMILES string of the molecule is CCN(CC(=O)O)C(=O)N1CCN(CC2CC2)CC1. The van der Waals surface area contributed by atoms with Crippen LogP contribution in [0.4, 0.5) is 4.79 Å². The van der Waals surface area contributed by atoms with E-state index in [1.54, 1.807) is 4.90 Å². The average molecular weight is 269 g/mol. The summed E-state index contributed by atoms with van der Waals surface area (Å²) >= 11 is 0. The molecule has 2 aliphatic rings. The maximum atomic E-state index is 12.2. The molecule has 1 aliphatic carbocycles. The lowest BCUT2D eigenvalue weighted by Gasteiger charge is -2.37. The van der Waals surface area contributed by atoms with E-state index in [2.05, 4.69) is 4.90 Å². The van der Waals surface area contributed by atoms with E-state index in [0.29, 0.717) is 19.6 Å². The van der Waals surface area contributed by atoms with Crippen molar-refractivity contribution in [3.63, 3.8) is 0 Å².